The second kappa shape index (κ2) is 6.34. The smallest absolute Gasteiger partial charge is 0.246 e. The van der Waals surface area contributed by atoms with Crippen molar-refractivity contribution in [3.05, 3.63) is 35.8 Å². The molecule has 3 aromatic heterocycles. The van der Waals surface area contributed by atoms with Crippen molar-refractivity contribution < 1.29 is 9.90 Å². The van der Waals surface area contributed by atoms with Crippen molar-refractivity contribution in [2.45, 2.75) is 39.7 Å². The number of hydrogen-bond donors (Lipinski definition) is 2. The normalized spacial score (nSPS) is 12.2. The molecule has 0 unspecified atom stereocenters. The molecule has 7 nitrogen and oxygen atoms in total. The topological polar surface area (TPSA) is 85.0 Å². The number of aromatic nitrogens is 4. The van der Waals surface area contributed by atoms with E-state index in [0.717, 1.165) is 10.2 Å². The molecule has 0 fully saturated rings. The van der Waals surface area contributed by atoms with Crippen molar-refractivity contribution in [2.24, 2.45) is 7.05 Å². The molecule has 0 aliphatic rings. The van der Waals surface area contributed by atoms with E-state index in [2.05, 4.69) is 48.2 Å². The Morgan fingerprint density at radius 3 is 2.79 bits per heavy atom. The second-order valence-corrected chi connectivity index (χ2v) is 9.07. The van der Waals surface area contributed by atoms with Gasteiger partial charge in [-0.05, 0) is 30.0 Å². The summed E-state index contributed by atoms with van der Waals surface area (Å²) < 4.78 is 4.50. The summed E-state index contributed by atoms with van der Waals surface area (Å²) in [6.07, 6.45) is 1.57. The number of hydrogen-bond acceptors (Lipinski definition) is 5. The quantitative estimate of drug-likeness (QED) is 0.548. The maximum atomic E-state index is 12.5. The van der Waals surface area contributed by atoms with Crippen molar-refractivity contribution >= 4 is 43.8 Å². The average molecular weight is 398 g/mol. The van der Waals surface area contributed by atoms with E-state index in [1.165, 1.54) is 16.9 Å². The first-order chi connectivity index (χ1) is 13.1. The number of benzene rings is 1. The van der Waals surface area contributed by atoms with Crippen LogP contribution in [-0.2, 0) is 23.8 Å². The van der Waals surface area contributed by atoms with Crippen LogP contribution in [0.15, 0.2) is 24.5 Å². The van der Waals surface area contributed by atoms with Crippen molar-refractivity contribution in [3.8, 4) is 5.75 Å². The molecule has 0 aliphatic carbocycles. The highest BCUT2D eigenvalue weighted by Gasteiger charge is 2.19. The van der Waals surface area contributed by atoms with Gasteiger partial charge in [0.2, 0.25) is 5.91 Å². The maximum Gasteiger partial charge on any atom is 0.246 e. The van der Waals surface area contributed by atoms with Crippen molar-refractivity contribution in [3.63, 3.8) is 0 Å². The van der Waals surface area contributed by atoms with Crippen LogP contribution in [0.3, 0.4) is 0 Å². The van der Waals surface area contributed by atoms with E-state index in [9.17, 15) is 9.90 Å². The number of anilines is 1. The molecule has 0 bridgehead atoms. The van der Waals surface area contributed by atoms with E-state index in [-0.39, 0.29) is 23.6 Å². The zero-order valence-corrected chi connectivity index (χ0v) is 17.4. The number of fused-ring (bicyclic) bond motifs is 2. The van der Waals surface area contributed by atoms with Gasteiger partial charge in [0.05, 0.1) is 22.2 Å². The molecule has 146 valence electrons. The van der Waals surface area contributed by atoms with Gasteiger partial charge in [0.15, 0.2) is 16.5 Å². The summed E-state index contributed by atoms with van der Waals surface area (Å²) in [5, 5.41) is 13.7. The van der Waals surface area contributed by atoms with Crippen LogP contribution in [-0.4, -0.2) is 30.1 Å². The van der Waals surface area contributed by atoms with E-state index in [1.807, 2.05) is 20.0 Å². The monoisotopic (exact) mass is 397 g/mol. The second-order valence-electron chi connectivity index (χ2n) is 8.04. The van der Waals surface area contributed by atoms with Crippen LogP contribution < -0.4 is 5.32 Å². The van der Waals surface area contributed by atoms with Crippen LogP contribution in [0.5, 0.6) is 5.75 Å². The third-order valence-electron chi connectivity index (χ3n) is 5.02. The van der Waals surface area contributed by atoms with Gasteiger partial charge in [-0.3, -0.25) is 4.79 Å². The first kappa shape index (κ1) is 18.5. The van der Waals surface area contributed by atoms with Gasteiger partial charge in [-0.25, -0.2) is 9.97 Å². The van der Waals surface area contributed by atoms with E-state index in [1.54, 1.807) is 15.5 Å². The lowest BCUT2D eigenvalue weighted by atomic mass is 9.87. The molecule has 0 saturated heterocycles. The molecule has 8 heteroatoms. The van der Waals surface area contributed by atoms with Gasteiger partial charge in [-0.1, -0.05) is 38.2 Å². The molecule has 3 heterocycles. The Morgan fingerprint density at radius 1 is 1.32 bits per heavy atom. The molecule has 0 aliphatic heterocycles. The highest BCUT2D eigenvalue weighted by Crippen LogP contribution is 2.32. The molecule has 0 radical (unpaired) electrons. The van der Waals surface area contributed by atoms with E-state index in [4.69, 9.17) is 0 Å². The lowest BCUT2D eigenvalue weighted by molar-refractivity contribution is -0.116. The summed E-state index contributed by atoms with van der Waals surface area (Å²) in [6, 6.07) is 6.20. The standard InChI is InChI=1S/C20H23N5O2S/c1-11-17(27)16-18(24(11)5)21-10-25(16)9-15(26)23-19-22-13-7-6-12(20(2,3)4)8-14(13)28-19/h6-8,10,27H,9H2,1-5H3,(H,22,23,26). The molecule has 2 N–H and O–H groups in total. The Labute approximate surface area is 166 Å². The molecule has 0 atom stereocenters. The predicted octanol–water partition coefficient (Wildman–Crippen LogP) is 3.93. The Kier molecular flexibility index (Phi) is 4.19. The Balaban J connectivity index is 1.56. The van der Waals surface area contributed by atoms with Crippen molar-refractivity contribution in [1.29, 1.82) is 0 Å². The van der Waals surface area contributed by atoms with Gasteiger partial charge < -0.3 is 19.6 Å². The lowest BCUT2D eigenvalue weighted by Crippen LogP contribution is -2.18. The highest BCUT2D eigenvalue weighted by atomic mass is 32.1. The number of nitrogens with one attached hydrogen (secondary N) is 1. The van der Waals surface area contributed by atoms with Crippen molar-refractivity contribution in [2.75, 3.05) is 5.32 Å². The highest BCUT2D eigenvalue weighted by molar-refractivity contribution is 7.22. The molecule has 1 amide bonds. The minimum atomic E-state index is -0.213. The van der Waals surface area contributed by atoms with Crippen molar-refractivity contribution in [1.82, 2.24) is 19.1 Å². The molecule has 0 saturated carbocycles. The number of amides is 1. The summed E-state index contributed by atoms with van der Waals surface area (Å²) >= 11 is 1.46. The third kappa shape index (κ3) is 3.03. The van der Waals surface area contributed by atoms with Crippen LogP contribution in [0.25, 0.3) is 21.4 Å². The first-order valence-corrected chi connectivity index (χ1v) is 9.87. The minimum absolute atomic E-state index is 0.0523. The van der Waals surface area contributed by atoms with Gasteiger partial charge in [0, 0.05) is 7.05 Å². The molecular weight excluding hydrogens is 374 g/mol. The Bertz CT molecular complexity index is 1210. The number of imidazole rings is 1. The number of rotatable bonds is 3. The van der Waals surface area contributed by atoms with Gasteiger partial charge in [0.1, 0.15) is 12.1 Å². The number of carbonyl (C=O) groups is 1. The first-order valence-electron chi connectivity index (χ1n) is 9.05. The SMILES string of the molecule is Cc1c(O)c2c(ncn2CC(=O)Nc2nc3ccc(C(C)(C)C)cc3s2)n1C. The lowest BCUT2D eigenvalue weighted by Gasteiger charge is -2.18. The largest absolute Gasteiger partial charge is 0.504 e. The molecular formula is C20H23N5O2S. The van der Waals surface area contributed by atoms with E-state index < -0.39 is 0 Å². The fourth-order valence-corrected chi connectivity index (χ4v) is 4.15. The van der Waals surface area contributed by atoms with Crippen LogP contribution in [0, 0.1) is 6.92 Å². The van der Waals surface area contributed by atoms with Gasteiger partial charge in [-0.2, -0.15) is 0 Å². The van der Waals surface area contributed by atoms with Crippen LogP contribution in [0.1, 0.15) is 32.0 Å². The van der Waals surface area contributed by atoms with Crippen LogP contribution in [0.4, 0.5) is 5.13 Å². The fraction of sp³-hybridized carbons (Fsp3) is 0.350. The van der Waals surface area contributed by atoms with Crippen LogP contribution >= 0.6 is 11.3 Å². The molecule has 1 aromatic carbocycles. The zero-order chi connectivity index (χ0) is 20.2. The average Bonchev–Trinajstić information content (AvgIpc) is 3.26. The number of aryl methyl sites for hydroxylation is 1. The Morgan fingerprint density at radius 2 is 2.07 bits per heavy atom. The molecule has 0 spiro atoms. The number of carbonyl (C=O) groups excluding carboxylic acids is 1. The number of thiazole rings is 1. The fourth-order valence-electron chi connectivity index (χ4n) is 3.23. The van der Waals surface area contributed by atoms with E-state index >= 15 is 0 Å². The number of aromatic hydroxyl groups is 1. The third-order valence-corrected chi connectivity index (χ3v) is 5.95. The predicted molar refractivity (Wildman–Crippen MR) is 112 cm³/mol. The summed E-state index contributed by atoms with van der Waals surface area (Å²) in [5.41, 5.74) is 4.09. The zero-order valence-electron chi connectivity index (χ0n) is 16.6. The minimum Gasteiger partial charge on any atom is -0.504 e. The van der Waals surface area contributed by atoms with E-state index in [0.29, 0.717) is 22.0 Å². The van der Waals surface area contributed by atoms with Gasteiger partial charge >= 0.3 is 0 Å². The summed E-state index contributed by atoms with van der Waals surface area (Å²) in [7, 11) is 1.84. The molecule has 28 heavy (non-hydrogen) atoms. The molecule has 4 rings (SSSR count). The maximum absolute atomic E-state index is 12.5. The number of nitrogens with zero attached hydrogens (tertiary/aromatic N) is 4. The summed E-state index contributed by atoms with van der Waals surface area (Å²) in [6.45, 7) is 8.38. The van der Waals surface area contributed by atoms with Gasteiger partial charge in [-0.15, -0.1) is 0 Å². The molecule has 4 aromatic rings. The Hall–Kier alpha value is -2.87. The summed E-state index contributed by atoms with van der Waals surface area (Å²) in [4.78, 5) is 21.4. The van der Waals surface area contributed by atoms with Gasteiger partial charge in [0.25, 0.3) is 0 Å². The van der Waals surface area contributed by atoms with Crippen LogP contribution in [0.2, 0.25) is 0 Å². The summed E-state index contributed by atoms with van der Waals surface area (Å²) in [5.74, 6) is -0.0622.